The lowest BCUT2D eigenvalue weighted by Crippen LogP contribution is -2.40. The van der Waals surface area contributed by atoms with Crippen LogP contribution >= 0.6 is 0 Å². The number of hydrogen-bond donors (Lipinski definition) is 3. The Labute approximate surface area is 110 Å². The van der Waals surface area contributed by atoms with Crippen molar-refractivity contribution in [3.05, 3.63) is 48.7 Å². The van der Waals surface area contributed by atoms with E-state index in [1.807, 2.05) is 0 Å². The van der Waals surface area contributed by atoms with Crippen LogP contribution in [0.3, 0.4) is 0 Å². The first-order valence-electron chi connectivity index (χ1n) is 5.79. The highest BCUT2D eigenvalue weighted by molar-refractivity contribution is 5.89. The van der Waals surface area contributed by atoms with Crippen molar-refractivity contribution in [2.75, 3.05) is 11.9 Å². The Balaban J connectivity index is 1.87. The van der Waals surface area contributed by atoms with Crippen molar-refractivity contribution < 1.29 is 14.3 Å². The van der Waals surface area contributed by atoms with Gasteiger partial charge in [-0.15, -0.1) is 0 Å². The third-order valence-electron chi connectivity index (χ3n) is 2.58. The summed E-state index contributed by atoms with van der Waals surface area (Å²) < 4.78 is 5.12. The van der Waals surface area contributed by atoms with Crippen LogP contribution in [0, 0.1) is 0 Å². The molecule has 0 saturated carbocycles. The minimum atomic E-state index is -1.25. The number of rotatable bonds is 4. The minimum absolute atomic E-state index is 0.0391. The van der Waals surface area contributed by atoms with Crippen LogP contribution in [-0.2, 0) is 5.60 Å². The predicted octanol–water partition coefficient (Wildman–Crippen LogP) is 1.70. The largest absolute Gasteiger partial charge is 0.466 e. The molecule has 2 rings (SSSR count). The summed E-state index contributed by atoms with van der Waals surface area (Å²) in [6.07, 6.45) is 4.63. The molecular formula is C13H15N3O3. The Morgan fingerprint density at radius 3 is 2.79 bits per heavy atom. The first-order valence-corrected chi connectivity index (χ1v) is 5.79. The molecule has 0 aliphatic heterocycles. The zero-order valence-electron chi connectivity index (χ0n) is 10.5. The summed E-state index contributed by atoms with van der Waals surface area (Å²) in [6.45, 7) is 1.61. The number of nitrogens with zero attached hydrogens (tertiary/aromatic N) is 1. The van der Waals surface area contributed by atoms with Crippen molar-refractivity contribution in [1.82, 2.24) is 10.3 Å². The number of aliphatic hydroxyl groups is 1. The van der Waals surface area contributed by atoms with Gasteiger partial charge < -0.3 is 20.2 Å². The van der Waals surface area contributed by atoms with Crippen LogP contribution in [0.2, 0.25) is 0 Å². The quantitative estimate of drug-likeness (QED) is 0.781. The van der Waals surface area contributed by atoms with E-state index in [9.17, 15) is 9.90 Å². The smallest absolute Gasteiger partial charge is 0.319 e. The molecule has 0 bridgehead atoms. The zero-order valence-corrected chi connectivity index (χ0v) is 10.5. The molecule has 6 heteroatoms. The average Bonchev–Trinajstić information content (AvgIpc) is 2.92. The molecule has 2 aromatic heterocycles. The normalized spacial score (nSPS) is 13.6. The molecule has 0 fully saturated rings. The van der Waals surface area contributed by atoms with Gasteiger partial charge in [-0.3, -0.25) is 4.98 Å². The molecule has 0 aromatic carbocycles. The third-order valence-corrected chi connectivity index (χ3v) is 2.58. The summed E-state index contributed by atoms with van der Waals surface area (Å²) in [5, 5.41) is 15.4. The van der Waals surface area contributed by atoms with Gasteiger partial charge in [-0.2, -0.15) is 0 Å². The van der Waals surface area contributed by atoms with Gasteiger partial charge in [0, 0.05) is 18.1 Å². The standard InChI is InChI=1S/C13H15N3O3/c1-13(18,11-3-2-8-19-11)9-15-12(17)16-10-4-6-14-7-5-10/h2-8,18H,9H2,1H3,(H2,14,15,16,17). The number of hydrogen-bond acceptors (Lipinski definition) is 4. The lowest BCUT2D eigenvalue weighted by molar-refractivity contribution is 0.0372. The topological polar surface area (TPSA) is 87.4 Å². The van der Waals surface area contributed by atoms with Crippen molar-refractivity contribution in [2.45, 2.75) is 12.5 Å². The lowest BCUT2D eigenvalue weighted by Gasteiger charge is -2.21. The van der Waals surface area contributed by atoms with Crippen LogP contribution in [0.25, 0.3) is 0 Å². The highest BCUT2D eigenvalue weighted by atomic mass is 16.4. The Bertz CT molecular complexity index is 523. The van der Waals surface area contributed by atoms with Crippen molar-refractivity contribution >= 4 is 11.7 Å². The van der Waals surface area contributed by atoms with Gasteiger partial charge in [-0.05, 0) is 31.2 Å². The van der Waals surface area contributed by atoms with E-state index in [4.69, 9.17) is 4.42 Å². The fourth-order valence-electron chi connectivity index (χ4n) is 1.54. The zero-order chi connectivity index (χ0) is 13.7. The van der Waals surface area contributed by atoms with E-state index in [0.717, 1.165) is 0 Å². The second kappa shape index (κ2) is 5.53. The number of furan rings is 1. The van der Waals surface area contributed by atoms with Gasteiger partial charge >= 0.3 is 6.03 Å². The van der Waals surface area contributed by atoms with Gasteiger partial charge in [-0.1, -0.05) is 0 Å². The molecular weight excluding hydrogens is 246 g/mol. The molecule has 1 atom stereocenters. The van der Waals surface area contributed by atoms with E-state index >= 15 is 0 Å². The average molecular weight is 261 g/mol. The number of pyridine rings is 1. The molecule has 2 heterocycles. The first kappa shape index (κ1) is 13.1. The second-order valence-corrected chi connectivity index (χ2v) is 4.29. The molecule has 0 aliphatic carbocycles. The summed E-state index contributed by atoms with van der Waals surface area (Å²) >= 11 is 0. The van der Waals surface area contributed by atoms with Gasteiger partial charge in [0.25, 0.3) is 0 Å². The van der Waals surface area contributed by atoms with Gasteiger partial charge in [0.15, 0.2) is 0 Å². The van der Waals surface area contributed by atoms with Crippen LogP contribution in [0.15, 0.2) is 47.3 Å². The SMILES string of the molecule is CC(O)(CNC(=O)Nc1ccncc1)c1ccco1. The van der Waals surface area contributed by atoms with Gasteiger partial charge in [0.1, 0.15) is 11.4 Å². The van der Waals surface area contributed by atoms with Crippen LogP contribution in [0.1, 0.15) is 12.7 Å². The number of carbonyl (C=O) groups excluding carboxylic acids is 1. The maximum atomic E-state index is 11.6. The molecule has 2 aromatic rings. The van der Waals surface area contributed by atoms with Crippen molar-refractivity contribution in [2.24, 2.45) is 0 Å². The fraction of sp³-hybridized carbons (Fsp3) is 0.231. The molecule has 0 spiro atoms. The van der Waals surface area contributed by atoms with E-state index in [2.05, 4.69) is 15.6 Å². The van der Waals surface area contributed by atoms with E-state index in [1.165, 1.54) is 6.26 Å². The number of nitrogens with one attached hydrogen (secondary N) is 2. The maximum Gasteiger partial charge on any atom is 0.319 e. The van der Waals surface area contributed by atoms with Crippen molar-refractivity contribution in [3.63, 3.8) is 0 Å². The Kier molecular flexibility index (Phi) is 3.82. The summed E-state index contributed by atoms with van der Waals surface area (Å²) in [5.74, 6) is 0.400. The number of aromatic nitrogens is 1. The fourth-order valence-corrected chi connectivity index (χ4v) is 1.54. The minimum Gasteiger partial charge on any atom is -0.466 e. The molecule has 0 radical (unpaired) electrons. The summed E-state index contributed by atoms with van der Waals surface area (Å²) in [7, 11) is 0. The van der Waals surface area contributed by atoms with Crippen LogP contribution in [0.4, 0.5) is 10.5 Å². The van der Waals surface area contributed by atoms with Gasteiger partial charge in [-0.25, -0.2) is 4.79 Å². The van der Waals surface area contributed by atoms with Crippen molar-refractivity contribution in [1.29, 1.82) is 0 Å². The summed E-state index contributed by atoms with van der Waals surface area (Å²) in [4.78, 5) is 15.5. The molecule has 2 amide bonds. The van der Waals surface area contributed by atoms with Gasteiger partial charge in [0.05, 0.1) is 12.8 Å². The van der Waals surface area contributed by atoms with Crippen LogP contribution in [-0.4, -0.2) is 22.7 Å². The number of anilines is 1. The predicted molar refractivity (Wildman–Crippen MR) is 69.5 cm³/mol. The highest BCUT2D eigenvalue weighted by Crippen LogP contribution is 2.19. The van der Waals surface area contributed by atoms with E-state index in [1.54, 1.807) is 43.6 Å². The molecule has 3 N–H and O–H groups in total. The monoisotopic (exact) mass is 261 g/mol. The summed E-state index contributed by atoms with van der Waals surface area (Å²) in [5.41, 5.74) is -0.621. The number of carbonyl (C=O) groups is 1. The van der Waals surface area contributed by atoms with Crippen molar-refractivity contribution in [3.8, 4) is 0 Å². The first-order chi connectivity index (χ1) is 9.08. The van der Waals surface area contributed by atoms with E-state index in [-0.39, 0.29) is 6.54 Å². The molecule has 1 unspecified atom stereocenters. The van der Waals surface area contributed by atoms with Crippen LogP contribution in [0.5, 0.6) is 0 Å². The number of amides is 2. The number of urea groups is 1. The summed E-state index contributed by atoms with van der Waals surface area (Å²) in [6, 6.07) is 6.27. The highest BCUT2D eigenvalue weighted by Gasteiger charge is 2.26. The molecule has 6 nitrogen and oxygen atoms in total. The third kappa shape index (κ3) is 3.56. The Hall–Kier alpha value is -2.34. The lowest BCUT2D eigenvalue weighted by atomic mass is 10.0. The molecule has 100 valence electrons. The Morgan fingerprint density at radius 1 is 1.42 bits per heavy atom. The second-order valence-electron chi connectivity index (χ2n) is 4.29. The molecule has 19 heavy (non-hydrogen) atoms. The maximum absolute atomic E-state index is 11.6. The van der Waals surface area contributed by atoms with Crippen LogP contribution < -0.4 is 10.6 Å². The van der Waals surface area contributed by atoms with E-state index in [0.29, 0.717) is 11.4 Å². The molecule has 0 saturated heterocycles. The van der Waals surface area contributed by atoms with E-state index < -0.39 is 11.6 Å². The Morgan fingerprint density at radius 2 is 2.16 bits per heavy atom. The van der Waals surface area contributed by atoms with Gasteiger partial charge in [0.2, 0.25) is 0 Å². The molecule has 0 aliphatic rings.